The molecule has 3 heteroatoms. The second kappa shape index (κ2) is 4.07. The highest BCUT2D eigenvalue weighted by Crippen LogP contribution is 2.15. The zero-order chi connectivity index (χ0) is 8.97. The number of hydrogen-bond acceptors (Lipinski definition) is 2. The molecular formula is C9H12FNO. The van der Waals surface area contributed by atoms with Crippen molar-refractivity contribution in [3.63, 3.8) is 0 Å². The summed E-state index contributed by atoms with van der Waals surface area (Å²) in [5.41, 5.74) is 6.21. The minimum Gasteiger partial charge on any atom is -0.497 e. The average Bonchev–Trinajstić information content (AvgIpc) is 2.04. The molecule has 0 bridgehead atoms. The Morgan fingerprint density at radius 1 is 1.42 bits per heavy atom. The Morgan fingerprint density at radius 2 is 2.17 bits per heavy atom. The quantitative estimate of drug-likeness (QED) is 0.741. The summed E-state index contributed by atoms with van der Waals surface area (Å²) < 4.78 is 17.7. The molecule has 0 spiro atoms. The summed E-state index contributed by atoms with van der Waals surface area (Å²) in [5.74, 6) is 0.260. The van der Waals surface area contributed by atoms with Crippen LogP contribution in [0.15, 0.2) is 18.2 Å². The molecule has 2 N–H and O–H groups in total. The van der Waals surface area contributed by atoms with E-state index in [2.05, 4.69) is 0 Å². The van der Waals surface area contributed by atoms with Crippen molar-refractivity contribution in [3.8, 4) is 5.75 Å². The van der Waals surface area contributed by atoms with E-state index >= 15 is 0 Å². The highest BCUT2D eigenvalue weighted by molar-refractivity contribution is 5.29. The van der Waals surface area contributed by atoms with Gasteiger partial charge in [-0.3, -0.25) is 0 Å². The molecule has 0 radical (unpaired) electrons. The first-order chi connectivity index (χ1) is 5.76. The lowest BCUT2D eigenvalue weighted by molar-refractivity contribution is 0.410. The molecule has 0 saturated carbocycles. The van der Waals surface area contributed by atoms with Crippen molar-refractivity contribution in [1.82, 2.24) is 0 Å². The second-order valence-corrected chi connectivity index (χ2v) is 2.54. The van der Waals surface area contributed by atoms with Crippen molar-refractivity contribution >= 4 is 0 Å². The van der Waals surface area contributed by atoms with Crippen LogP contribution in [0.5, 0.6) is 5.75 Å². The Balaban J connectivity index is 2.90. The van der Waals surface area contributed by atoms with Crippen LogP contribution in [0.4, 0.5) is 4.39 Å². The van der Waals surface area contributed by atoms with Crippen LogP contribution in [0.2, 0.25) is 0 Å². The Morgan fingerprint density at radius 3 is 2.75 bits per heavy atom. The SMILES string of the molecule is COc1cc(F)cc(CCN)c1. The lowest BCUT2D eigenvalue weighted by atomic mass is 10.1. The number of methoxy groups -OCH3 is 1. The van der Waals surface area contributed by atoms with E-state index < -0.39 is 0 Å². The molecular weight excluding hydrogens is 157 g/mol. The molecule has 1 aromatic carbocycles. The van der Waals surface area contributed by atoms with Gasteiger partial charge >= 0.3 is 0 Å². The largest absolute Gasteiger partial charge is 0.497 e. The summed E-state index contributed by atoms with van der Waals surface area (Å²) in [6.45, 7) is 0.520. The van der Waals surface area contributed by atoms with Gasteiger partial charge in [-0.05, 0) is 30.7 Å². The van der Waals surface area contributed by atoms with Crippen LogP contribution in [0.1, 0.15) is 5.56 Å². The van der Waals surface area contributed by atoms with Gasteiger partial charge in [0.05, 0.1) is 7.11 Å². The molecule has 0 aliphatic heterocycles. The number of ether oxygens (including phenoxy) is 1. The van der Waals surface area contributed by atoms with E-state index in [1.54, 1.807) is 6.07 Å². The number of benzene rings is 1. The maximum atomic E-state index is 12.8. The van der Waals surface area contributed by atoms with E-state index in [1.807, 2.05) is 0 Å². The van der Waals surface area contributed by atoms with Crippen LogP contribution in [0.3, 0.4) is 0 Å². The zero-order valence-electron chi connectivity index (χ0n) is 7.01. The third kappa shape index (κ3) is 2.20. The number of rotatable bonds is 3. The monoisotopic (exact) mass is 169 g/mol. The van der Waals surface area contributed by atoms with Crippen LogP contribution < -0.4 is 10.5 Å². The van der Waals surface area contributed by atoms with Crippen LogP contribution >= 0.6 is 0 Å². The van der Waals surface area contributed by atoms with E-state index in [-0.39, 0.29) is 5.82 Å². The molecule has 1 aromatic rings. The fourth-order valence-corrected chi connectivity index (χ4v) is 1.05. The minimum absolute atomic E-state index is 0.280. The van der Waals surface area contributed by atoms with Crippen molar-refractivity contribution in [1.29, 1.82) is 0 Å². The van der Waals surface area contributed by atoms with Gasteiger partial charge in [-0.1, -0.05) is 0 Å². The van der Waals surface area contributed by atoms with Gasteiger partial charge in [0, 0.05) is 6.07 Å². The predicted octanol–water partition coefficient (Wildman–Crippen LogP) is 1.34. The fourth-order valence-electron chi connectivity index (χ4n) is 1.05. The number of hydrogen-bond donors (Lipinski definition) is 1. The molecule has 0 aliphatic carbocycles. The van der Waals surface area contributed by atoms with Crippen LogP contribution in [0, 0.1) is 5.82 Å². The molecule has 0 saturated heterocycles. The molecule has 12 heavy (non-hydrogen) atoms. The van der Waals surface area contributed by atoms with Crippen molar-refractivity contribution in [2.75, 3.05) is 13.7 Å². The standard InChI is InChI=1S/C9H12FNO/c1-12-9-5-7(2-3-11)4-8(10)6-9/h4-6H,2-3,11H2,1H3. The van der Waals surface area contributed by atoms with E-state index in [0.717, 1.165) is 5.56 Å². The van der Waals surface area contributed by atoms with Crippen LogP contribution in [0.25, 0.3) is 0 Å². The Hall–Kier alpha value is -1.09. The first kappa shape index (κ1) is 9.00. The van der Waals surface area contributed by atoms with E-state index in [4.69, 9.17) is 10.5 Å². The van der Waals surface area contributed by atoms with Gasteiger partial charge in [0.2, 0.25) is 0 Å². The average molecular weight is 169 g/mol. The summed E-state index contributed by atoms with van der Waals surface area (Å²) in [4.78, 5) is 0. The van der Waals surface area contributed by atoms with Crippen molar-refractivity contribution < 1.29 is 9.13 Å². The Kier molecular flexibility index (Phi) is 3.05. The maximum Gasteiger partial charge on any atom is 0.127 e. The Labute approximate surface area is 71.1 Å². The molecule has 0 aliphatic rings. The molecule has 0 atom stereocenters. The summed E-state index contributed by atoms with van der Waals surface area (Å²) in [6, 6.07) is 4.60. The molecule has 0 heterocycles. The van der Waals surface area contributed by atoms with Gasteiger partial charge in [0.25, 0.3) is 0 Å². The van der Waals surface area contributed by atoms with Gasteiger partial charge in [0.1, 0.15) is 11.6 Å². The molecule has 66 valence electrons. The molecule has 1 rings (SSSR count). The van der Waals surface area contributed by atoms with E-state index in [0.29, 0.717) is 18.7 Å². The zero-order valence-corrected chi connectivity index (χ0v) is 7.01. The molecule has 2 nitrogen and oxygen atoms in total. The molecule has 0 aromatic heterocycles. The molecule has 0 unspecified atom stereocenters. The highest BCUT2D eigenvalue weighted by atomic mass is 19.1. The van der Waals surface area contributed by atoms with E-state index in [9.17, 15) is 4.39 Å². The summed E-state index contributed by atoms with van der Waals surface area (Å²) in [7, 11) is 1.51. The third-order valence-corrected chi connectivity index (χ3v) is 1.60. The summed E-state index contributed by atoms with van der Waals surface area (Å²) in [5, 5.41) is 0. The second-order valence-electron chi connectivity index (χ2n) is 2.54. The first-order valence-electron chi connectivity index (χ1n) is 3.80. The highest BCUT2D eigenvalue weighted by Gasteiger charge is 1.99. The Bertz CT molecular complexity index is 263. The normalized spacial score (nSPS) is 9.92. The number of nitrogens with two attached hydrogens (primary N) is 1. The van der Waals surface area contributed by atoms with E-state index in [1.165, 1.54) is 19.2 Å². The van der Waals surface area contributed by atoms with Crippen LogP contribution in [-0.2, 0) is 6.42 Å². The van der Waals surface area contributed by atoms with Gasteiger partial charge in [0.15, 0.2) is 0 Å². The lowest BCUT2D eigenvalue weighted by Crippen LogP contribution is -2.03. The van der Waals surface area contributed by atoms with Gasteiger partial charge < -0.3 is 10.5 Å². The summed E-state index contributed by atoms with van der Waals surface area (Å²) in [6.07, 6.45) is 0.675. The predicted molar refractivity (Wildman–Crippen MR) is 45.7 cm³/mol. The first-order valence-corrected chi connectivity index (χ1v) is 3.80. The van der Waals surface area contributed by atoms with Gasteiger partial charge in [-0.15, -0.1) is 0 Å². The lowest BCUT2D eigenvalue weighted by Gasteiger charge is -2.03. The van der Waals surface area contributed by atoms with Crippen LogP contribution in [-0.4, -0.2) is 13.7 Å². The van der Waals surface area contributed by atoms with Gasteiger partial charge in [-0.2, -0.15) is 0 Å². The fraction of sp³-hybridized carbons (Fsp3) is 0.333. The smallest absolute Gasteiger partial charge is 0.127 e. The minimum atomic E-state index is -0.280. The third-order valence-electron chi connectivity index (χ3n) is 1.60. The molecule has 0 fully saturated rings. The van der Waals surface area contributed by atoms with Crippen molar-refractivity contribution in [3.05, 3.63) is 29.6 Å². The van der Waals surface area contributed by atoms with Crippen molar-refractivity contribution in [2.24, 2.45) is 5.73 Å². The number of halogens is 1. The topological polar surface area (TPSA) is 35.2 Å². The maximum absolute atomic E-state index is 12.8. The summed E-state index contributed by atoms with van der Waals surface area (Å²) >= 11 is 0. The van der Waals surface area contributed by atoms with Gasteiger partial charge in [-0.25, -0.2) is 4.39 Å². The van der Waals surface area contributed by atoms with Crippen molar-refractivity contribution in [2.45, 2.75) is 6.42 Å². The molecule has 0 amide bonds.